The van der Waals surface area contributed by atoms with Gasteiger partial charge in [-0.15, -0.1) is 0 Å². The first-order chi connectivity index (χ1) is 9.36. The molecule has 1 aromatic carbocycles. The molecule has 108 valence electrons. The maximum Gasteiger partial charge on any atom is 0.240 e. The number of sulfonamides is 1. The highest BCUT2D eigenvalue weighted by Gasteiger charge is 2.13. The van der Waals surface area contributed by atoms with Crippen LogP contribution in [0.1, 0.15) is 12.5 Å². The van der Waals surface area contributed by atoms with Crippen molar-refractivity contribution in [2.24, 2.45) is 5.14 Å². The molecule has 0 aliphatic rings. The Balaban J connectivity index is 2.09. The quantitative estimate of drug-likeness (QED) is 0.736. The lowest BCUT2D eigenvalue weighted by Crippen LogP contribution is -2.18. The standard InChI is InChI=1S/C13H17N3O2S2/c1-9(6-10-4-5-19-8-10)16-11-2-3-13(12(14)7-11)20(15,17)18/h2-5,7-9,16H,6,14H2,1H3,(H2,15,17,18). The molecule has 0 bridgehead atoms. The lowest BCUT2D eigenvalue weighted by atomic mass is 10.1. The first kappa shape index (κ1) is 14.8. The van der Waals surface area contributed by atoms with Crippen molar-refractivity contribution < 1.29 is 8.42 Å². The third-order valence-corrected chi connectivity index (χ3v) is 4.57. The minimum atomic E-state index is -3.77. The van der Waals surface area contributed by atoms with Crippen molar-refractivity contribution in [2.75, 3.05) is 11.1 Å². The second-order valence-electron chi connectivity index (χ2n) is 4.68. The Morgan fingerprint density at radius 1 is 1.35 bits per heavy atom. The Morgan fingerprint density at radius 3 is 2.65 bits per heavy atom. The fourth-order valence-corrected chi connectivity index (χ4v) is 3.32. The van der Waals surface area contributed by atoms with Gasteiger partial charge in [-0.1, -0.05) is 0 Å². The van der Waals surface area contributed by atoms with E-state index in [2.05, 4.69) is 23.7 Å². The van der Waals surface area contributed by atoms with Crippen molar-refractivity contribution >= 4 is 32.7 Å². The predicted octanol–water partition coefficient (Wildman–Crippen LogP) is 2.02. The van der Waals surface area contributed by atoms with E-state index in [1.165, 1.54) is 11.6 Å². The van der Waals surface area contributed by atoms with Gasteiger partial charge in [-0.2, -0.15) is 11.3 Å². The molecule has 2 aromatic rings. The summed E-state index contributed by atoms with van der Waals surface area (Å²) in [5, 5.41) is 12.5. The molecular weight excluding hydrogens is 294 g/mol. The maximum absolute atomic E-state index is 11.3. The van der Waals surface area contributed by atoms with Crippen molar-refractivity contribution in [3.63, 3.8) is 0 Å². The molecule has 0 radical (unpaired) electrons. The van der Waals surface area contributed by atoms with Crippen LogP contribution >= 0.6 is 11.3 Å². The van der Waals surface area contributed by atoms with Gasteiger partial charge in [0.1, 0.15) is 4.90 Å². The Labute approximate surface area is 122 Å². The van der Waals surface area contributed by atoms with Crippen LogP contribution in [0.2, 0.25) is 0 Å². The van der Waals surface area contributed by atoms with Crippen LogP contribution in [0.25, 0.3) is 0 Å². The zero-order valence-electron chi connectivity index (χ0n) is 11.0. The van der Waals surface area contributed by atoms with Gasteiger partial charge >= 0.3 is 0 Å². The molecule has 0 amide bonds. The average molecular weight is 311 g/mol. The number of primary sulfonamides is 1. The SMILES string of the molecule is CC(Cc1ccsc1)Nc1ccc(S(N)(=O)=O)c(N)c1. The summed E-state index contributed by atoms with van der Waals surface area (Å²) in [6, 6.07) is 6.97. The number of hydrogen-bond acceptors (Lipinski definition) is 5. The number of nitrogens with one attached hydrogen (secondary N) is 1. The monoisotopic (exact) mass is 311 g/mol. The molecule has 0 aliphatic heterocycles. The third kappa shape index (κ3) is 3.72. The molecule has 5 N–H and O–H groups in total. The highest BCUT2D eigenvalue weighted by molar-refractivity contribution is 7.89. The maximum atomic E-state index is 11.3. The molecule has 0 saturated heterocycles. The second kappa shape index (κ2) is 5.82. The smallest absolute Gasteiger partial charge is 0.240 e. The van der Waals surface area contributed by atoms with Crippen molar-refractivity contribution in [2.45, 2.75) is 24.3 Å². The zero-order valence-corrected chi connectivity index (χ0v) is 12.7. The van der Waals surface area contributed by atoms with E-state index in [9.17, 15) is 8.42 Å². The molecule has 0 fully saturated rings. The van der Waals surface area contributed by atoms with Gasteiger partial charge in [0.2, 0.25) is 10.0 Å². The average Bonchev–Trinajstić information content (AvgIpc) is 2.79. The van der Waals surface area contributed by atoms with Crippen molar-refractivity contribution in [1.82, 2.24) is 0 Å². The van der Waals surface area contributed by atoms with Gasteiger partial charge in [-0.05, 0) is 53.9 Å². The molecule has 0 spiro atoms. The van der Waals surface area contributed by atoms with Crippen molar-refractivity contribution in [3.05, 3.63) is 40.6 Å². The first-order valence-corrected chi connectivity index (χ1v) is 8.55. The minimum absolute atomic E-state index is 0.0477. The Hall–Kier alpha value is -1.57. The highest BCUT2D eigenvalue weighted by atomic mass is 32.2. The van der Waals surface area contributed by atoms with Crippen molar-refractivity contribution in [1.29, 1.82) is 0 Å². The largest absolute Gasteiger partial charge is 0.398 e. The summed E-state index contributed by atoms with van der Waals surface area (Å²) < 4.78 is 22.6. The first-order valence-electron chi connectivity index (χ1n) is 6.06. The van der Waals surface area contributed by atoms with Crippen LogP contribution in [0, 0.1) is 0 Å². The van der Waals surface area contributed by atoms with Gasteiger partial charge in [0.25, 0.3) is 0 Å². The fraction of sp³-hybridized carbons (Fsp3) is 0.231. The van der Waals surface area contributed by atoms with E-state index in [0.29, 0.717) is 0 Å². The number of nitrogens with two attached hydrogens (primary N) is 2. The van der Waals surface area contributed by atoms with Gasteiger partial charge < -0.3 is 11.1 Å². The molecule has 20 heavy (non-hydrogen) atoms. The number of anilines is 2. The van der Waals surface area contributed by atoms with E-state index in [-0.39, 0.29) is 16.6 Å². The summed E-state index contributed by atoms with van der Waals surface area (Å²) >= 11 is 1.67. The topological polar surface area (TPSA) is 98.2 Å². The fourth-order valence-electron chi connectivity index (χ4n) is 2.00. The van der Waals surface area contributed by atoms with Crippen LogP contribution in [-0.2, 0) is 16.4 Å². The summed E-state index contributed by atoms with van der Waals surface area (Å²) in [5.74, 6) is 0. The van der Waals surface area contributed by atoms with Gasteiger partial charge in [-0.3, -0.25) is 0 Å². The van der Waals surface area contributed by atoms with Crippen LogP contribution in [0.15, 0.2) is 39.9 Å². The third-order valence-electron chi connectivity index (χ3n) is 2.85. The lowest BCUT2D eigenvalue weighted by molar-refractivity contribution is 0.598. The molecule has 2 rings (SSSR count). The van der Waals surface area contributed by atoms with Crippen molar-refractivity contribution in [3.8, 4) is 0 Å². The van der Waals surface area contributed by atoms with E-state index in [4.69, 9.17) is 10.9 Å². The molecule has 1 atom stereocenters. The van der Waals surface area contributed by atoms with E-state index < -0.39 is 10.0 Å². The molecule has 1 aromatic heterocycles. The number of nitrogen functional groups attached to an aromatic ring is 1. The van der Waals surface area contributed by atoms with Crippen LogP contribution < -0.4 is 16.2 Å². The lowest BCUT2D eigenvalue weighted by Gasteiger charge is -2.15. The minimum Gasteiger partial charge on any atom is -0.398 e. The predicted molar refractivity (Wildman–Crippen MR) is 83.3 cm³/mol. The van der Waals surface area contributed by atoms with Crippen LogP contribution in [0.3, 0.4) is 0 Å². The number of hydrogen-bond donors (Lipinski definition) is 3. The number of benzene rings is 1. The molecular formula is C13H17N3O2S2. The molecule has 5 nitrogen and oxygen atoms in total. The van der Waals surface area contributed by atoms with E-state index in [1.54, 1.807) is 23.5 Å². The van der Waals surface area contributed by atoms with Crippen LogP contribution in [0.4, 0.5) is 11.4 Å². The summed E-state index contributed by atoms with van der Waals surface area (Å²) in [4.78, 5) is -0.0477. The van der Waals surface area contributed by atoms with Crippen LogP contribution in [0.5, 0.6) is 0 Å². The van der Waals surface area contributed by atoms with Crippen LogP contribution in [-0.4, -0.2) is 14.5 Å². The normalized spacial score (nSPS) is 13.1. The second-order valence-corrected chi connectivity index (χ2v) is 6.99. The number of thiophene rings is 1. The zero-order chi connectivity index (χ0) is 14.8. The van der Waals surface area contributed by atoms with Gasteiger partial charge in [-0.25, -0.2) is 13.6 Å². The highest BCUT2D eigenvalue weighted by Crippen LogP contribution is 2.22. The molecule has 1 heterocycles. The molecule has 1 unspecified atom stereocenters. The van der Waals surface area contributed by atoms with E-state index in [0.717, 1.165) is 12.1 Å². The van der Waals surface area contributed by atoms with Gasteiger partial charge in [0, 0.05) is 11.7 Å². The van der Waals surface area contributed by atoms with E-state index in [1.807, 2.05) is 5.38 Å². The summed E-state index contributed by atoms with van der Waals surface area (Å²) in [7, 11) is -3.77. The Kier molecular flexibility index (Phi) is 4.32. The molecule has 0 saturated carbocycles. The summed E-state index contributed by atoms with van der Waals surface area (Å²) in [5.41, 5.74) is 7.92. The summed E-state index contributed by atoms with van der Waals surface area (Å²) in [6.45, 7) is 2.06. The Morgan fingerprint density at radius 2 is 2.10 bits per heavy atom. The van der Waals surface area contributed by atoms with Gasteiger partial charge in [0.05, 0.1) is 5.69 Å². The molecule has 0 aliphatic carbocycles. The number of rotatable bonds is 5. The Bertz CT molecular complexity index is 682. The summed E-state index contributed by atoms with van der Waals surface area (Å²) in [6.07, 6.45) is 0.889. The van der Waals surface area contributed by atoms with Gasteiger partial charge in [0.15, 0.2) is 0 Å². The molecule has 7 heteroatoms. The van der Waals surface area contributed by atoms with E-state index >= 15 is 0 Å².